The summed E-state index contributed by atoms with van der Waals surface area (Å²) in [4.78, 5) is 24.6. The Bertz CT molecular complexity index is 1480. The van der Waals surface area contributed by atoms with Crippen molar-refractivity contribution >= 4 is 5.97 Å². The molecule has 11 nitrogen and oxygen atoms in total. The molecule has 4 heterocycles. The standard InChI is InChI=1S/C24H20N8O3/c1-3-34-24(33)22-29-8-9-32(22)16-6-4-14(5-7-16)18-17(10-25)21(26)35-23-19(18)20(30-31(23)2)15-11-27-13-28-12-15/h4-9,11-13,18H,3,26H2,1-2H3. The number of nitrogens with two attached hydrogens (primary N) is 1. The Morgan fingerprint density at radius 3 is 2.69 bits per heavy atom. The third kappa shape index (κ3) is 3.67. The van der Waals surface area contributed by atoms with Crippen LogP contribution in [0.25, 0.3) is 16.9 Å². The molecule has 11 heteroatoms. The summed E-state index contributed by atoms with van der Waals surface area (Å²) in [5, 5.41) is 14.6. The maximum absolute atomic E-state index is 12.2. The largest absolute Gasteiger partial charge is 0.460 e. The second-order valence-corrected chi connectivity index (χ2v) is 7.68. The van der Waals surface area contributed by atoms with Crippen LogP contribution in [0.2, 0.25) is 0 Å². The molecule has 5 rings (SSSR count). The lowest BCUT2D eigenvalue weighted by atomic mass is 9.83. The summed E-state index contributed by atoms with van der Waals surface area (Å²) in [7, 11) is 1.74. The van der Waals surface area contributed by atoms with Crippen molar-refractivity contribution in [3.05, 3.63) is 83.8 Å². The van der Waals surface area contributed by atoms with Crippen LogP contribution in [-0.2, 0) is 11.8 Å². The quantitative estimate of drug-likeness (QED) is 0.436. The summed E-state index contributed by atoms with van der Waals surface area (Å²) in [6.07, 6.45) is 7.96. The van der Waals surface area contributed by atoms with E-state index >= 15 is 0 Å². The van der Waals surface area contributed by atoms with Gasteiger partial charge in [0.15, 0.2) is 0 Å². The zero-order valence-electron chi connectivity index (χ0n) is 18.9. The molecule has 1 aliphatic rings. The Labute approximate surface area is 200 Å². The molecule has 1 unspecified atom stereocenters. The van der Waals surface area contributed by atoms with Gasteiger partial charge in [0.1, 0.15) is 23.7 Å². The Morgan fingerprint density at radius 2 is 2.00 bits per heavy atom. The number of nitrogens with zero attached hydrogens (tertiary/aromatic N) is 7. The van der Waals surface area contributed by atoms with Gasteiger partial charge in [0.25, 0.3) is 0 Å². The lowest BCUT2D eigenvalue weighted by molar-refractivity contribution is 0.0510. The second kappa shape index (κ2) is 8.75. The Kier molecular flexibility index (Phi) is 5.46. The SMILES string of the molecule is CCOC(=O)c1nccn1-c1ccc(C2C(C#N)=C(N)Oc3c2c(-c2cncnc2)nn3C)cc1. The van der Waals surface area contributed by atoms with E-state index in [1.165, 1.54) is 12.5 Å². The first-order valence-corrected chi connectivity index (χ1v) is 10.7. The van der Waals surface area contributed by atoms with E-state index in [1.54, 1.807) is 41.8 Å². The van der Waals surface area contributed by atoms with Crippen LogP contribution in [-0.4, -0.2) is 41.9 Å². The molecule has 1 aromatic carbocycles. The molecule has 2 N–H and O–H groups in total. The minimum Gasteiger partial charge on any atom is -0.460 e. The number of carbonyl (C=O) groups excluding carboxylic acids is 1. The smallest absolute Gasteiger partial charge is 0.374 e. The molecule has 1 aliphatic heterocycles. The van der Waals surface area contributed by atoms with Crippen LogP contribution in [0.1, 0.15) is 34.6 Å². The van der Waals surface area contributed by atoms with Crippen molar-refractivity contribution in [3.8, 4) is 28.9 Å². The predicted octanol–water partition coefficient (Wildman–Crippen LogP) is 2.46. The number of rotatable bonds is 5. The highest BCUT2D eigenvalue weighted by molar-refractivity contribution is 5.86. The van der Waals surface area contributed by atoms with Gasteiger partial charge in [-0.05, 0) is 24.6 Å². The highest BCUT2D eigenvalue weighted by Gasteiger charge is 2.36. The number of nitriles is 1. The first-order chi connectivity index (χ1) is 17.0. The molecule has 0 fully saturated rings. The molecule has 35 heavy (non-hydrogen) atoms. The van der Waals surface area contributed by atoms with E-state index in [4.69, 9.17) is 15.2 Å². The van der Waals surface area contributed by atoms with Gasteiger partial charge in [0.05, 0.1) is 18.1 Å². The van der Waals surface area contributed by atoms with Gasteiger partial charge >= 0.3 is 5.97 Å². The van der Waals surface area contributed by atoms with Gasteiger partial charge in [0, 0.05) is 43.1 Å². The summed E-state index contributed by atoms with van der Waals surface area (Å²) < 4.78 is 14.1. The van der Waals surface area contributed by atoms with E-state index in [0.29, 0.717) is 28.4 Å². The van der Waals surface area contributed by atoms with E-state index in [1.807, 2.05) is 24.3 Å². The molecular weight excluding hydrogens is 448 g/mol. The second-order valence-electron chi connectivity index (χ2n) is 7.68. The zero-order chi connectivity index (χ0) is 24.5. The van der Waals surface area contributed by atoms with Gasteiger partial charge in [0.2, 0.25) is 17.6 Å². The van der Waals surface area contributed by atoms with Crippen molar-refractivity contribution in [2.24, 2.45) is 12.8 Å². The number of aromatic nitrogens is 6. The lowest BCUT2D eigenvalue weighted by Gasteiger charge is -2.25. The lowest BCUT2D eigenvalue weighted by Crippen LogP contribution is -2.22. The molecule has 0 saturated carbocycles. The van der Waals surface area contributed by atoms with E-state index < -0.39 is 11.9 Å². The Hall–Kier alpha value is -4.98. The van der Waals surface area contributed by atoms with Gasteiger partial charge in [-0.15, -0.1) is 0 Å². The molecule has 0 spiro atoms. The van der Waals surface area contributed by atoms with Gasteiger partial charge in [-0.2, -0.15) is 10.4 Å². The van der Waals surface area contributed by atoms with Crippen LogP contribution < -0.4 is 10.5 Å². The first kappa shape index (κ1) is 21.8. The molecule has 1 atom stereocenters. The van der Waals surface area contributed by atoms with Crippen molar-refractivity contribution in [1.29, 1.82) is 5.26 Å². The Morgan fingerprint density at radius 1 is 1.26 bits per heavy atom. The van der Waals surface area contributed by atoms with Gasteiger partial charge in [-0.25, -0.2) is 24.4 Å². The van der Waals surface area contributed by atoms with Gasteiger partial charge < -0.3 is 15.2 Å². The van der Waals surface area contributed by atoms with Crippen LogP contribution in [0.15, 0.2) is 66.8 Å². The van der Waals surface area contributed by atoms with Crippen molar-refractivity contribution in [1.82, 2.24) is 29.3 Å². The molecule has 0 bridgehead atoms. The van der Waals surface area contributed by atoms with Crippen molar-refractivity contribution < 1.29 is 14.3 Å². The summed E-state index contributed by atoms with van der Waals surface area (Å²) >= 11 is 0. The number of aryl methyl sites for hydroxylation is 1. The molecule has 4 aromatic rings. The van der Waals surface area contributed by atoms with Gasteiger partial charge in [-0.1, -0.05) is 12.1 Å². The first-order valence-electron chi connectivity index (χ1n) is 10.7. The van der Waals surface area contributed by atoms with Crippen molar-refractivity contribution in [2.75, 3.05) is 6.61 Å². The average Bonchev–Trinajstić information content (AvgIpc) is 3.49. The van der Waals surface area contributed by atoms with E-state index in [2.05, 4.69) is 26.1 Å². The van der Waals surface area contributed by atoms with E-state index in [0.717, 1.165) is 5.56 Å². The van der Waals surface area contributed by atoms with Crippen LogP contribution in [0.5, 0.6) is 5.88 Å². The summed E-state index contributed by atoms with van der Waals surface area (Å²) in [6, 6.07) is 9.60. The van der Waals surface area contributed by atoms with Crippen LogP contribution >= 0.6 is 0 Å². The number of imidazole rings is 1. The van der Waals surface area contributed by atoms with Crippen LogP contribution in [0.3, 0.4) is 0 Å². The Balaban J connectivity index is 1.61. The van der Waals surface area contributed by atoms with Gasteiger partial charge in [-0.3, -0.25) is 4.57 Å². The minimum atomic E-state index is -0.533. The van der Waals surface area contributed by atoms with Crippen molar-refractivity contribution in [3.63, 3.8) is 0 Å². The molecule has 0 amide bonds. The highest BCUT2D eigenvalue weighted by Crippen LogP contribution is 2.46. The molecule has 3 aromatic heterocycles. The third-order valence-corrected chi connectivity index (χ3v) is 5.64. The normalized spacial score (nSPS) is 14.7. The maximum atomic E-state index is 12.2. The zero-order valence-corrected chi connectivity index (χ0v) is 18.9. The molecule has 174 valence electrons. The number of hydrogen-bond acceptors (Lipinski definition) is 9. The molecule has 0 radical (unpaired) electrons. The maximum Gasteiger partial charge on any atom is 0.374 e. The van der Waals surface area contributed by atoms with Crippen LogP contribution in [0.4, 0.5) is 0 Å². The average molecular weight is 468 g/mol. The molecular formula is C24H20N8O3. The molecule has 0 saturated heterocycles. The fraction of sp³-hybridized carbons (Fsp3) is 0.167. The van der Waals surface area contributed by atoms with Crippen LogP contribution in [0, 0.1) is 11.3 Å². The highest BCUT2D eigenvalue weighted by atomic mass is 16.5. The van der Waals surface area contributed by atoms with E-state index in [-0.39, 0.29) is 23.9 Å². The number of allylic oxidation sites excluding steroid dienone is 1. The summed E-state index contributed by atoms with van der Waals surface area (Å²) in [5.74, 6) is -0.411. The van der Waals surface area contributed by atoms with Crippen molar-refractivity contribution in [2.45, 2.75) is 12.8 Å². The summed E-state index contributed by atoms with van der Waals surface area (Å²) in [5.41, 5.74) is 9.88. The number of hydrogen-bond donors (Lipinski definition) is 1. The minimum absolute atomic E-state index is 0.0205. The molecule has 0 aliphatic carbocycles. The fourth-order valence-electron chi connectivity index (χ4n) is 4.13. The number of ether oxygens (including phenoxy) is 2. The number of fused-ring (bicyclic) bond motifs is 1. The van der Waals surface area contributed by atoms with E-state index in [9.17, 15) is 10.1 Å². The topological polar surface area (TPSA) is 147 Å². The number of benzene rings is 1. The number of carbonyl (C=O) groups is 1. The fourth-order valence-corrected chi connectivity index (χ4v) is 4.13. The summed E-state index contributed by atoms with van der Waals surface area (Å²) in [6.45, 7) is 1.99. The monoisotopic (exact) mass is 468 g/mol. The third-order valence-electron chi connectivity index (χ3n) is 5.64. The predicted molar refractivity (Wildman–Crippen MR) is 123 cm³/mol. The number of esters is 1.